The molecule has 0 aromatic carbocycles. The molecule has 2 nitrogen and oxygen atoms in total. The molecule has 0 bridgehead atoms. The molecule has 1 aliphatic heterocycles. The van der Waals surface area contributed by atoms with Gasteiger partial charge in [0.25, 0.3) is 0 Å². The highest BCUT2D eigenvalue weighted by Crippen LogP contribution is 2.30. The van der Waals surface area contributed by atoms with Crippen molar-refractivity contribution >= 4 is 21.8 Å². The normalized spacial score (nSPS) is 32.7. The number of halogens is 1. The molecular weight excluding hydrogens is 254 g/mol. The van der Waals surface area contributed by atoms with Crippen molar-refractivity contribution in [2.75, 3.05) is 13.1 Å². The fourth-order valence-electron chi connectivity index (χ4n) is 2.67. The van der Waals surface area contributed by atoms with E-state index in [4.69, 9.17) is 0 Å². The van der Waals surface area contributed by atoms with Crippen LogP contribution in [0.3, 0.4) is 0 Å². The molecule has 0 unspecified atom stereocenters. The van der Waals surface area contributed by atoms with Gasteiger partial charge in [-0.3, -0.25) is 4.79 Å². The summed E-state index contributed by atoms with van der Waals surface area (Å²) in [5.74, 6) is 0.769. The maximum absolute atomic E-state index is 12.2. The number of likely N-dealkylation sites (tertiary alicyclic amines) is 1. The molecule has 1 heterocycles. The second kappa shape index (κ2) is 5.33. The maximum atomic E-state index is 12.2. The highest BCUT2D eigenvalue weighted by molar-refractivity contribution is 9.09. The number of amides is 1. The number of carbonyl (C=O) groups excluding carboxylic acids is 1. The van der Waals surface area contributed by atoms with E-state index in [9.17, 15) is 4.79 Å². The third-order valence-electron chi connectivity index (χ3n) is 3.67. The molecule has 0 spiro atoms. The number of alkyl halides is 1. The largest absolute Gasteiger partial charge is 0.342 e. The Labute approximate surface area is 101 Å². The molecule has 2 rings (SSSR count). The summed E-state index contributed by atoms with van der Waals surface area (Å²) in [5.41, 5.74) is 0. The van der Waals surface area contributed by atoms with Crippen molar-refractivity contribution in [3.63, 3.8) is 0 Å². The van der Waals surface area contributed by atoms with Crippen LogP contribution in [0.25, 0.3) is 0 Å². The van der Waals surface area contributed by atoms with E-state index in [1.54, 1.807) is 0 Å². The van der Waals surface area contributed by atoms with E-state index in [1.165, 1.54) is 32.1 Å². The topological polar surface area (TPSA) is 20.3 Å². The molecule has 2 aliphatic rings. The molecule has 0 atom stereocenters. The minimum absolute atomic E-state index is 0.330. The van der Waals surface area contributed by atoms with Crippen LogP contribution in [0.15, 0.2) is 0 Å². The van der Waals surface area contributed by atoms with Crippen LogP contribution in [0, 0.1) is 5.92 Å². The van der Waals surface area contributed by atoms with Crippen LogP contribution in [0.4, 0.5) is 0 Å². The number of piperidine rings is 1. The van der Waals surface area contributed by atoms with Crippen LogP contribution in [-0.2, 0) is 4.79 Å². The van der Waals surface area contributed by atoms with Gasteiger partial charge in [-0.1, -0.05) is 15.9 Å². The van der Waals surface area contributed by atoms with Crippen molar-refractivity contribution in [1.29, 1.82) is 0 Å². The van der Waals surface area contributed by atoms with Crippen molar-refractivity contribution in [2.45, 2.75) is 49.8 Å². The zero-order chi connectivity index (χ0) is 10.7. The summed E-state index contributed by atoms with van der Waals surface area (Å²) in [6, 6.07) is 0. The van der Waals surface area contributed by atoms with Crippen molar-refractivity contribution in [3.05, 3.63) is 0 Å². The Bertz CT molecular complexity index is 218. The Kier molecular flexibility index (Phi) is 4.06. The van der Waals surface area contributed by atoms with Gasteiger partial charge in [-0.2, -0.15) is 0 Å². The first-order valence-electron chi connectivity index (χ1n) is 6.20. The number of hydrogen-bond acceptors (Lipinski definition) is 1. The van der Waals surface area contributed by atoms with Gasteiger partial charge in [0, 0.05) is 23.8 Å². The van der Waals surface area contributed by atoms with E-state index in [0.29, 0.717) is 16.7 Å². The average molecular weight is 274 g/mol. The first-order valence-corrected chi connectivity index (χ1v) is 7.12. The summed E-state index contributed by atoms with van der Waals surface area (Å²) < 4.78 is 0. The standard InChI is InChI=1S/C12H20BrNO/c13-11-6-4-10(5-7-11)12(15)14-8-2-1-3-9-14/h10-11H,1-9H2. The van der Waals surface area contributed by atoms with Crippen LogP contribution in [0.1, 0.15) is 44.9 Å². The summed E-state index contributed by atoms with van der Waals surface area (Å²) in [7, 11) is 0. The fraction of sp³-hybridized carbons (Fsp3) is 0.917. The Morgan fingerprint density at radius 2 is 1.60 bits per heavy atom. The maximum Gasteiger partial charge on any atom is 0.225 e. The van der Waals surface area contributed by atoms with Crippen molar-refractivity contribution in [2.24, 2.45) is 5.92 Å². The molecule has 0 N–H and O–H groups in total. The van der Waals surface area contributed by atoms with E-state index >= 15 is 0 Å². The van der Waals surface area contributed by atoms with E-state index in [-0.39, 0.29) is 0 Å². The van der Waals surface area contributed by atoms with Crippen LogP contribution in [0.2, 0.25) is 0 Å². The quantitative estimate of drug-likeness (QED) is 0.673. The molecule has 0 radical (unpaired) electrons. The number of hydrogen-bond donors (Lipinski definition) is 0. The summed E-state index contributed by atoms with van der Waals surface area (Å²) in [4.78, 5) is 14.9. The Morgan fingerprint density at radius 3 is 2.20 bits per heavy atom. The molecule has 0 aromatic heterocycles. The van der Waals surface area contributed by atoms with Gasteiger partial charge in [0.05, 0.1) is 0 Å². The van der Waals surface area contributed by atoms with Gasteiger partial charge in [-0.15, -0.1) is 0 Å². The van der Waals surface area contributed by atoms with Gasteiger partial charge >= 0.3 is 0 Å². The van der Waals surface area contributed by atoms with Crippen LogP contribution in [-0.4, -0.2) is 28.7 Å². The number of carbonyl (C=O) groups is 1. The molecule has 1 saturated carbocycles. The Balaban J connectivity index is 1.84. The lowest BCUT2D eigenvalue weighted by Gasteiger charge is -2.32. The van der Waals surface area contributed by atoms with Crippen LogP contribution < -0.4 is 0 Å². The Hall–Kier alpha value is -0.0500. The first kappa shape index (κ1) is 11.4. The lowest BCUT2D eigenvalue weighted by Crippen LogP contribution is -2.40. The highest BCUT2D eigenvalue weighted by atomic mass is 79.9. The molecule has 1 aliphatic carbocycles. The summed E-state index contributed by atoms with van der Waals surface area (Å²) in [6.45, 7) is 2.01. The molecule has 1 saturated heterocycles. The van der Waals surface area contributed by atoms with E-state index in [0.717, 1.165) is 25.9 Å². The minimum atomic E-state index is 0.330. The van der Waals surface area contributed by atoms with E-state index in [2.05, 4.69) is 20.8 Å². The first-order chi connectivity index (χ1) is 7.27. The molecule has 15 heavy (non-hydrogen) atoms. The van der Waals surface area contributed by atoms with Gasteiger partial charge < -0.3 is 4.90 Å². The molecule has 1 amide bonds. The predicted molar refractivity (Wildman–Crippen MR) is 65.1 cm³/mol. The lowest BCUT2D eigenvalue weighted by molar-refractivity contribution is -0.137. The highest BCUT2D eigenvalue weighted by Gasteiger charge is 2.28. The number of rotatable bonds is 1. The molecule has 0 aromatic rings. The number of nitrogens with zero attached hydrogens (tertiary/aromatic N) is 1. The van der Waals surface area contributed by atoms with Gasteiger partial charge in [-0.05, 0) is 44.9 Å². The molecule has 86 valence electrons. The second-order valence-corrected chi connectivity index (χ2v) is 6.13. The predicted octanol–water partition coefficient (Wildman–Crippen LogP) is 2.95. The van der Waals surface area contributed by atoms with Crippen LogP contribution >= 0.6 is 15.9 Å². The van der Waals surface area contributed by atoms with E-state index < -0.39 is 0 Å². The third-order valence-corrected chi connectivity index (χ3v) is 4.59. The van der Waals surface area contributed by atoms with Gasteiger partial charge in [0.2, 0.25) is 5.91 Å². The van der Waals surface area contributed by atoms with Gasteiger partial charge in [0.15, 0.2) is 0 Å². The smallest absolute Gasteiger partial charge is 0.225 e. The SMILES string of the molecule is O=C(C1CCC(Br)CC1)N1CCCCC1. The summed E-state index contributed by atoms with van der Waals surface area (Å²) in [5, 5.41) is 0. The van der Waals surface area contributed by atoms with Crippen molar-refractivity contribution in [3.8, 4) is 0 Å². The van der Waals surface area contributed by atoms with Crippen molar-refractivity contribution in [1.82, 2.24) is 4.90 Å². The van der Waals surface area contributed by atoms with Gasteiger partial charge in [-0.25, -0.2) is 0 Å². The Morgan fingerprint density at radius 1 is 1.00 bits per heavy atom. The van der Waals surface area contributed by atoms with Gasteiger partial charge in [0.1, 0.15) is 0 Å². The molecule has 3 heteroatoms. The monoisotopic (exact) mass is 273 g/mol. The molecular formula is C12H20BrNO. The fourth-order valence-corrected chi connectivity index (χ4v) is 3.20. The second-order valence-electron chi connectivity index (χ2n) is 4.83. The zero-order valence-electron chi connectivity index (χ0n) is 9.25. The third kappa shape index (κ3) is 2.96. The minimum Gasteiger partial charge on any atom is -0.342 e. The lowest BCUT2D eigenvalue weighted by atomic mass is 9.88. The zero-order valence-corrected chi connectivity index (χ0v) is 10.8. The van der Waals surface area contributed by atoms with Crippen LogP contribution in [0.5, 0.6) is 0 Å². The summed E-state index contributed by atoms with van der Waals surface area (Å²) >= 11 is 3.64. The van der Waals surface area contributed by atoms with E-state index in [1.807, 2.05) is 0 Å². The summed E-state index contributed by atoms with van der Waals surface area (Å²) in [6.07, 6.45) is 8.24. The average Bonchev–Trinajstić information content (AvgIpc) is 2.30. The molecule has 2 fully saturated rings. The van der Waals surface area contributed by atoms with Crippen molar-refractivity contribution < 1.29 is 4.79 Å².